The Balaban J connectivity index is 0.000000840. The van der Waals surface area contributed by atoms with Crippen LogP contribution in [0.1, 0.15) is 26.2 Å². The SMILES string of the molecule is CC1(COc2ccc(-c3ccc(NC(=O)Oc4ccc([N+](=O)[O-])cc4)cc3)cn2)CCC1.COC=O. The van der Waals surface area contributed by atoms with Gasteiger partial charge in [0.1, 0.15) is 5.75 Å². The minimum absolute atomic E-state index is 0.0740. The van der Waals surface area contributed by atoms with Gasteiger partial charge in [-0.05, 0) is 48.7 Å². The molecule has 1 amide bonds. The van der Waals surface area contributed by atoms with Gasteiger partial charge in [-0.2, -0.15) is 0 Å². The van der Waals surface area contributed by atoms with Crippen molar-refractivity contribution in [2.24, 2.45) is 5.41 Å². The molecular weight excluding hydrogens is 466 g/mol. The highest BCUT2D eigenvalue weighted by Crippen LogP contribution is 2.40. The van der Waals surface area contributed by atoms with E-state index < -0.39 is 11.0 Å². The van der Waals surface area contributed by atoms with E-state index in [1.165, 1.54) is 50.6 Å². The number of carbonyl (C=O) groups excluding carboxylic acids is 2. The van der Waals surface area contributed by atoms with Gasteiger partial charge in [0.15, 0.2) is 0 Å². The number of non-ortho nitro benzene ring substituents is 1. The van der Waals surface area contributed by atoms with Crippen LogP contribution in [0.4, 0.5) is 16.2 Å². The first-order valence-corrected chi connectivity index (χ1v) is 11.2. The average Bonchev–Trinajstić information content (AvgIpc) is 2.87. The second kappa shape index (κ2) is 12.3. The number of nitrogens with one attached hydrogen (secondary N) is 1. The minimum Gasteiger partial charge on any atom is -0.477 e. The first-order valence-electron chi connectivity index (χ1n) is 11.2. The van der Waals surface area contributed by atoms with Crippen LogP contribution < -0.4 is 14.8 Å². The monoisotopic (exact) mass is 493 g/mol. The number of nitrogens with zero attached hydrogens (tertiary/aromatic N) is 2. The molecule has 1 aliphatic carbocycles. The Kier molecular flexibility index (Phi) is 8.93. The van der Waals surface area contributed by atoms with Crippen molar-refractivity contribution in [1.29, 1.82) is 0 Å². The number of carbonyl (C=O) groups is 2. The molecular formula is C26H27N3O7. The third kappa shape index (κ3) is 7.52. The second-order valence-electron chi connectivity index (χ2n) is 8.51. The zero-order valence-electron chi connectivity index (χ0n) is 20.0. The van der Waals surface area contributed by atoms with E-state index in [0.29, 0.717) is 24.6 Å². The van der Waals surface area contributed by atoms with Crippen molar-refractivity contribution in [3.05, 3.63) is 77.0 Å². The van der Waals surface area contributed by atoms with Gasteiger partial charge in [-0.1, -0.05) is 25.5 Å². The molecule has 1 saturated carbocycles. The van der Waals surface area contributed by atoms with E-state index in [1.807, 2.05) is 24.3 Å². The molecule has 0 unspecified atom stereocenters. The molecule has 1 heterocycles. The summed E-state index contributed by atoms with van der Waals surface area (Å²) in [5.74, 6) is 0.832. The molecule has 10 nitrogen and oxygen atoms in total. The van der Waals surface area contributed by atoms with Crippen LogP contribution >= 0.6 is 0 Å². The highest BCUT2D eigenvalue weighted by molar-refractivity contribution is 5.86. The molecule has 1 N–H and O–H groups in total. The molecule has 2 aromatic carbocycles. The van der Waals surface area contributed by atoms with E-state index in [0.717, 1.165) is 11.1 Å². The number of pyridine rings is 1. The van der Waals surface area contributed by atoms with Gasteiger partial charge in [0, 0.05) is 41.1 Å². The fourth-order valence-electron chi connectivity index (χ4n) is 3.44. The van der Waals surface area contributed by atoms with Crippen LogP contribution in [0.2, 0.25) is 0 Å². The minimum atomic E-state index is -0.685. The summed E-state index contributed by atoms with van der Waals surface area (Å²) in [5.41, 5.74) is 2.65. The van der Waals surface area contributed by atoms with Crippen LogP contribution in [0.15, 0.2) is 66.9 Å². The topological polar surface area (TPSA) is 130 Å². The summed E-state index contributed by atoms with van der Waals surface area (Å²) in [7, 11) is 1.31. The lowest BCUT2D eigenvalue weighted by Gasteiger charge is -2.37. The summed E-state index contributed by atoms with van der Waals surface area (Å²) in [6, 6.07) is 16.4. The molecule has 0 saturated heterocycles. The van der Waals surface area contributed by atoms with Crippen molar-refractivity contribution in [3.63, 3.8) is 0 Å². The molecule has 188 valence electrons. The predicted molar refractivity (Wildman–Crippen MR) is 133 cm³/mol. The number of methoxy groups -OCH3 is 1. The number of ether oxygens (including phenoxy) is 3. The lowest BCUT2D eigenvalue weighted by Crippen LogP contribution is -2.32. The Bertz CT molecular complexity index is 1160. The second-order valence-corrected chi connectivity index (χ2v) is 8.51. The Hall–Kier alpha value is -4.47. The Morgan fingerprint density at radius 1 is 1.08 bits per heavy atom. The van der Waals surface area contributed by atoms with Crippen LogP contribution in [0.5, 0.6) is 11.6 Å². The van der Waals surface area contributed by atoms with Crippen molar-refractivity contribution in [2.45, 2.75) is 26.2 Å². The highest BCUT2D eigenvalue weighted by atomic mass is 16.6. The maximum atomic E-state index is 12.1. The number of rotatable bonds is 8. The van der Waals surface area contributed by atoms with Crippen molar-refractivity contribution < 1.29 is 28.7 Å². The maximum absolute atomic E-state index is 12.1. The van der Waals surface area contributed by atoms with E-state index >= 15 is 0 Å². The number of nitro benzene ring substituents is 1. The molecule has 0 radical (unpaired) electrons. The van der Waals surface area contributed by atoms with Gasteiger partial charge in [0.05, 0.1) is 18.6 Å². The maximum Gasteiger partial charge on any atom is 0.417 e. The van der Waals surface area contributed by atoms with Gasteiger partial charge in [0.2, 0.25) is 5.88 Å². The van der Waals surface area contributed by atoms with E-state index in [-0.39, 0.29) is 16.9 Å². The van der Waals surface area contributed by atoms with E-state index in [4.69, 9.17) is 14.3 Å². The first kappa shape index (κ1) is 26.1. The zero-order chi connectivity index (χ0) is 26.0. The van der Waals surface area contributed by atoms with Gasteiger partial charge >= 0.3 is 6.09 Å². The summed E-state index contributed by atoms with van der Waals surface area (Å²) in [5, 5.41) is 13.3. The molecule has 10 heteroatoms. The van der Waals surface area contributed by atoms with Crippen LogP contribution in [0, 0.1) is 15.5 Å². The highest BCUT2D eigenvalue weighted by Gasteiger charge is 2.32. The molecule has 4 rings (SSSR count). The van der Waals surface area contributed by atoms with Crippen LogP contribution in [0.25, 0.3) is 11.1 Å². The van der Waals surface area contributed by atoms with Gasteiger partial charge in [-0.25, -0.2) is 9.78 Å². The van der Waals surface area contributed by atoms with Crippen LogP contribution in [-0.2, 0) is 9.53 Å². The smallest absolute Gasteiger partial charge is 0.417 e. The Morgan fingerprint density at radius 2 is 1.72 bits per heavy atom. The van der Waals surface area contributed by atoms with Crippen molar-refractivity contribution >= 4 is 23.9 Å². The van der Waals surface area contributed by atoms with Gasteiger partial charge in [-0.15, -0.1) is 0 Å². The summed E-state index contributed by atoms with van der Waals surface area (Å²) in [4.78, 5) is 35.6. The summed E-state index contributed by atoms with van der Waals surface area (Å²) in [6.07, 6.45) is 4.75. The van der Waals surface area contributed by atoms with Gasteiger partial charge < -0.3 is 14.2 Å². The molecule has 0 bridgehead atoms. The molecule has 0 atom stereocenters. The predicted octanol–water partition coefficient (Wildman–Crippen LogP) is 5.63. The standard InChI is InChI=1S/C24H23N3O5.C2H4O2/c1-24(13-2-14-24)16-31-22-12-5-18(15-25-22)17-3-6-19(7-4-17)26-23(28)32-21-10-8-20(9-11-21)27(29)30;1-4-2-3/h3-12,15H,2,13-14,16H2,1H3,(H,26,28);2H,1H3. The summed E-state index contributed by atoms with van der Waals surface area (Å²) in [6.45, 7) is 3.30. The van der Waals surface area contributed by atoms with Crippen LogP contribution in [0.3, 0.4) is 0 Å². The zero-order valence-corrected chi connectivity index (χ0v) is 20.0. The normalized spacial score (nSPS) is 13.2. The number of aromatic nitrogens is 1. The third-order valence-corrected chi connectivity index (χ3v) is 5.68. The Morgan fingerprint density at radius 3 is 2.22 bits per heavy atom. The fraction of sp³-hybridized carbons (Fsp3) is 0.269. The molecule has 1 aliphatic rings. The van der Waals surface area contributed by atoms with E-state index in [1.54, 1.807) is 18.3 Å². The molecule has 36 heavy (non-hydrogen) atoms. The number of benzene rings is 2. The fourth-order valence-corrected chi connectivity index (χ4v) is 3.44. The number of nitro groups is 1. The molecule has 0 aliphatic heterocycles. The molecule has 1 fully saturated rings. The number of hydrogen-bond donors (Lipinski definition) is 1. The number of anilines is 1. The lowest BCUT2D eigenvalue weighted by molar-refractivity contribution is -0.384. The number of hydrogen-bond acceptors (Lipinski definition) is 8. The third-order valence-electron chi connectivity index (χ3n) is 5.68. The molecule has 0 spiro atoms. The largest absolute Gasteiger partial charge is 0.477 e. The average molecular weight is 494 g/mol. The van der Waals surface area contributed by atoms with Crippen molar-refractivity contribution in [2.75, 3.05) is 19.0 Å². The van der Waals surface area contributed by atoms with E-state index in [9.17, 15) is 14.9 Å². The molecule has 1 aromatic heterocycles. The summed E-state index contributed by atoms with van der Waals surface area (Å²) < 4.78 is 14.8. The first-order chi connectivity index (χ1) is 17.3. The van der Waals surface area contributed by atoms with Crippen molar-refractivity contribution in [3.8, 4) is 22.8 Å². The Labute approximate surface area is 208 Å². The van der Waals surface area contributed by atoms with Gasteiger partial charge in [-0.3, -0.25) is 20.2 Å². The van der Waals surface area contributed by atoms with Crippen LogP contribution in [-0.4, -0.2) is 36.2 Å². The van der Waals surface area contributed by atoms with E-state index in [2.05, 4.69) is 22.0 Å². The van der Waals surface area contributed by atoms with Crippen molar-refractivity contribution in [1.82, 2.24) is 4.98 Å². The molecule has 3 aromatic rings. The van der Waals surface area contributed by atoms with Gasteiger partial charge in [0.25, 0.3) is 12.2 Å². The lowest BCUT2D eigenvalue weighted by atomic mass is 9.71. The summed E-state index contributed by atoms with van der Waals surface area (Å²) >= 11 is 0. The quantitative estimate of drug-likeness (QED) is 0.243. The number of amides is 1.